The first kappa shape index (κ1) is 19.2. The smallest absolute Gasteiger partial charge is 0.449 e. The highest BCUT2D eigenvalue weighted by atomic mass is 35.5. The number of aromatic nitrogens is 1. The van der Waals surface area contributed by atoms with E-state index in [0.717, 1.165) is 12.3 Å². The number of alkyl halides is 2. The van der Waals surface area contributed by atoms with Crippen molar-refractivity contribution in [1.29, 1.82) is 0 Å². The summed E-state index contributed by atoms with van der Waals surface area (Å²) in [6.45, 7) is 1.90. The molecule has 0 bridgehead atoms. The van der Waals surface area contributed by atoms with E-state index in [2.05, 4.69) is 10.1 Å². The summed E-state index contributed by atoms with van der Waals surface area (Å²) in [5.74, 6) is -2.42. The Kier molecular flexibility index (Phi) is 4.64. The topological polar surface area (TPSA) is 83.8 Å². The molecule has 1 aromatic heterocycles. The number of fused-ring (bicyclic) bond motifs is 1. The summed E-state index contributed by atoms with van der Waals surface area (Å²) in [6.07, 6.45) is -0.418. The highest BCUT2D eigenvalue weighted by Crippen LogP contribution is 2.57. The van der Waals surface area contributed by atoms with Gasteiger partial charge in [-0.3, -0.25) is 4.79 Å². The molecule has 1 saturated carbocycles. The van der Waals surface area contributed by atoms with Gasteiger partial charge in [0.05, 0.1) is 23.1 Å². The fraction of sp³-hybridized carbons (Fsp3) is 0.412. The Morgan fingerprint density at radius 1 is 1.32 bits per heavy atom. The van der Waals surface area contributed by atoms with Gasteiger partial charge in [0.2, 0.25) is 5.43 Å². The quantitative estimate of drug-likeness (QED) is 0.571. The molecule has 1 aliphatic heterocycles. The zero-order valence-electron chi connectivity index (χ0n) is 14.3. The molecule has 1 aromatic carbocycles. The van der Waals surface area contributed by atoms with Crippen LogP contribution in [0.1, 0.15) is 12.5 Å². The number of piperazine rings is 1. The second kappa shape index (κ2) is 6.75. The van der Waals surface area contributed by atoms with Gasteiger partial charge in [0, 0.05) is 32.6 Å². The fourth-order valence-corrected chi connectivity index (χ4v) is 4.00. The summed E-state index contributed by atoms with van der Waals surface area (Å²) in [5.41, 5.74) is -1.37. The SMILES string of the molecule is O=C(O)Oc1cn(C2CC2(Cl)Cl)c2c(F)c(N3CCNCC3)c(F)cc2c1=O. The number of carboxylic acid groups (broad SMARTS) is 1. The molecule has 1 atom stereocenters. The van der Waals surface area contributed by atoms with Crippen molar-refractivity contribution in [2.75, 3.05) is 31.1 Å². The zero-order valence-corrected chi connectivity index (χ0v) is 15.9. The molecule has 7 nitrogen and oxygen atoms in total. The Hall–Kier alpha value is -2.10. The lowest BCUT2D eigenvalue weighted by Crippen LogP contribution is -2.44. The van der Waals surface area contributed by atoms with E-state index >= 15 is 4.39 Å². The molecule has 0 spiro atoms. The van der Waals surface area contributed by atoms with Gasteiger partial charge in [-0.15, -0.1) is 0 Å². The van der Waals surface area contributed by atoms with Crippen LogP contribution < -0.4 is 20.4 Å². The molecule has 1 unspecified atom stereocenters. The van der Waals surface area contributed by atoms with Crippen LogP contribution in [-0.4, -0.2) is 46.3 Å². The zero-order chi connectivity index (χ0) is 20.2. The van der Waals surface area contributed by atoms with Gasteiger partial charge in [0.1, 0.15) is 15.8 Å². The average Bonchev–Trinajstić information content (AvgIpc) is 3.26. The monoisotopic (exact) mass is 433 g/mol. The predicted octanol–water partition coefficient (Wildman–Crippen LogP) is 2.86. The number of carbonyl (C=O) groups is 1. The van der Waals surface area contributed by atoms with E-state index in [4.69, 9.17) is 28.3 Å². The summed E-state index contributed by atoms with van der Waals surface area (Å²) in [7, 11) is 0. The minimum Gasteiger partial charge on any atom is -0.449 e. The summed E-state index contributed by atoms with van der Waals surface area (Å²) in [4.78, 5) is 25.0. The molecular formula is C17H15Cl2F2N3O4. The first-order valence-corrected chi connectivity index (χ1v) is 9.27. The van der Waals surface area contributed by atoms with Crippen LogP contribution in [0.25, 0.3) is 10.9 Å². The molecule has 2 aliphatic rings. The number of hydrogen-bond donors (Lipinski definition) is 2. The first-order valence-electron chi connectivity index (χ1n) is 8.52. The Morgan fingerprint density at radius 2 is 1.96 bits per heavy atom. The third-order valence-electron chi connectivity index (χ3n) is 4.91. The Morgan fingerprint density at radius 3 is 2.54 bits per heavy atom. The summed E-state index contributed by atoms with van der Waals surface area (Å²) >= 11 is 12.2. The molecule has 28 heavy (non-hydrogen) atoms. The van der Waals surface area contributed by atoms with E-state index in [1.807, 2.05) is 0 Å². The summed E-state index contributed by atoms with van der Waals surface area (Å²) in [6, 6.07) is 0.279. The summed E-state index contributed by atoms with van der Waals surface area (Å²) in [5, 5.41) is 11.6. The molecule has 2 heterocycles. The van der Waals surface area contributed by atoms with Crippen molar-refractivity contribution < 1.29 is 23.4 Å². The van der Waals surface area contributed by atoms with Crippen molar-refractivity contribution >= 4 is 45.9 Å². The lowest BCUT2D eigenvalue weighted by molar-refractivity contribution is 0.143. The molecule has 4 rings (SSSR count). The van der Waals surface area contributed by atoms with Crippen LogP contribution in [0.4, 0.5) is 19.3 Å². The number of anilines is 1. The molecular weight excluding hydrogens is 419 g/mol. The molecule has 2 N–H and O–H groups in total. The number of nitrogens with zero attached hydrogens (tertiary/aromatic N) is 2. The maximum atomic E-state index is 15.5. The highest BCUT2D eigenvalue weighted by molar-refractivity contribution is 6.51. The van der Waals surface area contributed by atoms with Crippen molar-refractivity contribution in [3.63, 3.8) is 0 Å². The largest absolute Gasteiger partial charge is 0.511 e. The predicted molar refractivity (Wildman–Crippen MR) is 100.0 cm³/mol. The molecule has 150 valence electrons. The van der Waals surface area contributed by atoms with Gasteiger partial charge in [0.25, 0.3) is 0 Å². The molecule has 0 radical (unpaired) electrons. The summed E-state index contributed by atoms with van der Waals surface area (Å²) < 4.78 is 34.8. The third-order valence-corrected chi connectivity index (χ3v) is 5.72. The lowest BCUT2D eigenvalue weighted by atomic mass is 10.1. The van der Waals surface area contributed by atoms with Crippen LogP contribution >= 0.6 is 23.2 Å². The second-order valence-electron chi connectivity index (χ2n) is 6.73. The van der Waals surface area contributed by atoms with Gasteiger partial charge >= 0.3 is 6.16 Å². The van der Waals surface area contributed by atoms with E-state index in [1.54, 1.807) is 4.90 Å². The Labute approximate surface area is 167 Å². The van der Waals surface area contributed by atoms with Gasteiger partial charge in [0.15, 0.2) is 11.6 Å². The van der Waals surface area contributed by atoms with Crippen LogP contribution in [0.2, 0.25) is 0 Å². The number of halogens is 4. The van der Waals surface area contributed by atoms with Crippen LogP contribution in [-0.2, 0) is 0 Å². The van der Waals surface area contributed by atoms with E-state index in [9.17, 15) is 14.0 Å². The average molecular weight is 434 g/mol. The van der Waals surface area contributed by atoms with Crippen LogP contribution in [0, 0.1) is 11.6 Å². The van der Waals surface area contributed by atoms with Crippen molar-refractivity contribution in [3.8, 4) is 5.75 Å². The fourth-order valence-electron chi connectivity index (χ4n) is 3.50. The van der Waals surface area contributed by atoms with Gasteiger partial charge in [-0.2, -0.15) is 0 Å². The van der Waals surface area contributed by atoms with Crippen molar-refractivity contribution in [2.24, 2.45) is 0 Å². The van der Waals surface area contributed by atoms with Crippen LogP contribution in [0.3, 0.4) is 0 Å². The highest BCUT2D eigenvalue weighted by Gasteiger charge is 2.54. The molecule has 11 heteroatoms. The van der Waals surface area contributed by atoms with Gasteiger partial charge in [-0.05, 0) is 6.07 Å². The van der Waals surface area contributed by atoms with Crippen molar-refractivity contribution in [2.45, 2.75) is 16.8 Å². The molecule has 1 saturated heterocycles. The van der Waals surface area contributed by atoms with Gasteiger partial charge in [-0.1, -0.05) is 23.2 Å². The minimum atomic E-state index is -1.72. The number of pyridine rings is 1. The normalized spacial score (nSPS) is 21.0. The minimum absolute atomic E-state index is 0.189. The van der Waals surface area contributed by atoms with Crippen molar-refractivity contribution in [3.05, 3.63) is 34.1 Å². The number of ether oxygens (including phenoxy) is 1. The standard InChI is InChI=1S/C17H15Cl2F2N3O4/c18-17(19)6-11(17)24-7-10(28-16(26)27)15(25)8-5-9(20)14(12(21)13(8)24)23-3-1-22-2-4-23/h5,7,11,22H,1-4,6H2,(H,26,27). The Balaban J connectivity index is 1.99. The lowest BCUT2D eigenvalue weighted by Gasteiger charge is -2.30. The van der Waals surface area contributed by atoms with Crippen LogP contribution in [0.15, 0.2) is 17.1 Å². The molecule has 2 fully saturated rings. The second-order valence-corrected chi connectivity index (χ2v) is 8.28. The van der Waals surface area contributed by atoms with E-state index in [0.29, 0.717) is 26.2 Å². The number of nitrogens with one attached hydrogen (secondary N) is 1. The number of rotatable bonds is 3. The molecule has 0 amide bonds. The number of benzene rings is 1. The van der Waals surface area contributed by atoms with Gasteiger partial charge in [-0.25, -0.2) is 13.6 Å². The molecule has 2 aromatic rings. The van der Waals surface area contributed by atoms with Crippen LogP contribution in [0.5, 0.6) is 5.75 Å². The van der Waals surface area contributed by atoms with E-state index in [1.165, 1.54) is 4.57 Å². The Bertz CT molecular complexity index is 1040. The van der Waals surface area contributed by atoms with Crippen molar-refractivity contribution in [1.82, 2.24) is 9.88 Å². The van der Waals surface area contributed by atoms with Gasteiger partial charge < -0.3 is 24.6 Å². The van der Waals surface area contributed by atoms with E-state index < -0.39 is 39.3 Å². The third kappa shape index (κ3) is 3.17. The maximum Gasteiger partial charge on any atom is 0.511 e. The maximum absolute atomic E-state index is 15.5. The number of hydrogen-bond acceptors (Lipinski definition) is 5. The first-order chi connectivity index (χ1) is 13.2. The molecule has 1 aliphatic carbocycles. The van der Waals surface area contributed by atoms with E-state index in [-0.39, 0.29) is 23.0 Å².